The number of hydrogen-bond acceptors (Lipinski definition) is 4. The molecule has 2 aliphatic rings. The van der Waals surface area contributed by atoms with E-state index in [0.29, 0.717) is 0 Å². The zero-order chi connectivity index (χ0) is 18.4. The summed E-state index contributed by atoms with van der Waals surface area (Å²) in [5, 5.41) is 0. The molecule has 5 heteroatoms. The number of nitrogens with zero attached hydrogens (tertiary/aromatic N) is 2. The Morgan fingerprint density at radius 1 is 1.15 bits per heavy atom. The van der Waals surface area contributed by atoms with Gasteiger partial charge in [0, 0.05) is 51.5 Å². The predicted octanol–water partition coefficient (Wildman–Crippen LogP) is 3.05. The number of hydrogen-bond donors (Lipinski definition) is 0. The summed E-state index contributed by atoms with van der Waals surface area (Å²) in [6.07, 6.45) is 3.51. The molecular formula is C21H32N2O3. The number of carbonyl (C=O) groups is 1. The third kappa shape index (κ3) is 5.21. The average Bonchev–Trinajstić information content (AvgIpc) is 2.69. The van der Waals surface area contributed by atoms with Crippen molar-refractivity contribution < 1.29 is 14.3 Å². The molecule has 0 saturated carbocycles. The van der Waals surface area contributed by atoms with E-state index in [4.69, 9.17) is 9.47 Å². The highest BCUT2D eigenvalue weighted by molar-refractivity contribution is 5.94. The van der Waals surface area contributed by atoms with E-state index < -0.39 is 0 Å². The highest BCUT2D eigenvalue weighted by atomic mass is 16.5. The Hall–Kier alpha value is -1.59. The van der Waals surface area contributed by atoms with Crippen molar-refractivity contribution in [3.63, 3.8) is 0 Å². The van der Waals surface area contributed by atoms with Crippen LogP contribution in [-0.2, 0) is 4.74 Å². The Labute approximate surface area is 157 Å². The van der Waals surface area contributed by atoms with Crippen LogP contribution in [0.5, 0.6) is 5.75 Å². The van der Waals surface area contributed by atoms with Gasteiger partial charge in [0.05, 0.1) is 6.10 Å². The van der Waals surface area contributed by atoms with E-state index in [1.54, 1.807) is 0 Å². The third-order valence-electron chi connectivity index (χ3n) is 5.53. The number of ether oxygens (including phenoxy) is 2. The van der Waals surface area contributed by atoms with Crippen molar-refractivity contribution in [1.29, 1.82) is 0 Å². The van der Waals surface area contributed by atoms with Gasteiger partial charge in [0.2, 0.25) is 0 Å². The van der Waals surface area contributed by atoms with Gasteiger partial charge in [-0.15, -0.1) is 0 Å². The van der Waals surface area contributed by atoms with Gasteiger partial charge in [-0.05, 0) is 56.4 Å². The van der Waals surface area contributed by atoms with Gasteiger partial charge in [0.1, 0.15) is 5.75 Å². The Morgan fingerprint density at radius 2 is 1.81 bits per heavy atom. The molecule has 1 unspecified atom stereocenters. The first kappa shape index (κ1) is 19.2. The van der Waals surface area contributed by atoms with Crippen molar-refractivity contribution in [2.24, 2.45) is 5.92 Å². The van der Waals surface area contributed by atoms with E-state index in [1.807, 2.05) is 29.2 Å². The number of piperazine rings is 1. The number of rotatable bonds is 6. The van der Waals surface area contributed by atoms with Gasteiger partial charge in [-0.1, -0.05) is 6.92 Å². The van der Waals surface area contributed by atoms with Crippen LogP contribution in [0.25, 0.3) is 0 Å². The molecule has 2 aliphatic heterocycles. The fourth-order valence-electron chi connectivity index (χ4n) is 3.60. The highest BCUT2D eigenvalue weighted by Crippen LogP contribution is 2.19. The monoisotopic (exact) mass is 360 g/mol. The molecule has 0 N–H and O–H groups in total. The van der Waals surface area contributed by atoms with Crippen LogP contribution in [0.3, 0.4) is 0 Å². The summed E-state index contributed by atoms with van der Waals surface area (Å²) < 4.78 is 11.2. The van der Waals surface area contributed by atoms with E-state index in [2.05, 4.69) is 18.7 Å². The number of carbonyl (C=O) groups excluding carboxylic acids is 1. The standard InChI is InChI=1S/C21H32N2O3/c1-3-17(2)26-20-6-4-19(5-7-20)21(24)23-12-10-22(11-13-23)16-18-8-14-25-15-9-18/h4-7,17-18H,3,8-16H2,1-2H3. The first-order valence-electron chi connectivity index (χ1n) is 10.0. The zero-order valence-corrected chi connectivity index (χ0v) is 16.2. The first-order chi connectivity index (χ1) is 12.7. The van der Waals surface area contributed by atoms with Crippen LogP contribution in [0, 0.1) is 5.92 Å². The lowest BCUT2D eigenvalue weighted by Gasteiger charge is -2.37. The lowest BCUT2D eigenvalue weighted by Crippen LogP contribution is -2.50. The summed E-state index contributed by atoms with van der Waals surface area (Å²) in [5.74, 6) is 1.71. The molecule has 2 fully saturated rings. The van der Waals surface area contributed by atoms with Crippen molar-refractivity contribution in [2.75, 3.05) is 45.9 Å². The third-order valence-corrected chi connectivity index (χ3v) is 5.53. The molecule has 1 aromatic carbocycles. The summed E-state index contributed by atoms with van der Waals surface area (Å²) in [4.78, 5) is 17.2. The minimum atomic E-state index is 0.130. The molecule has 1 atom stereocenters. The molecule has 144 valence electrons. The molecule has 0 radical (unpaired) electrons. The van der Waals surface area contributed by atoms with Gasteiger partial charge in [-0.2, -0.15) is 0 Å². The van der Waals surface area contributed by atoms with Gasteiger partial charge in [0.15, 0.2) is 0 Å². The summed E-state index contributed by atoms with van der Waals surface area (Å²) in [6.45, 7) is 10.7. The second-order valence-corrected chi connectivity index (χ2v) is 7.51. The minimum Gasteiger partial charge on any atom is -0.491 e. The van der Waals surface area contributed by atoms with E-state index in [0.717, 1.165) is 69.6 Å². The predicted molar refractivity (Wildman–Crippen MR) is 103 cm³/mol. The molecule has 1 aromatic rings. The lowest BCUT2D eigenvalue weighted by atomic mass is 9.99. The highest BCUT2D eigenvalue weighted by Gasteiger charge is 2.24. The molecular weight excluding hydrogens is 328 g/mol. The van der Waals surface area contributed by atoms with E-state index >= 15 is 0 Å². The van der Waals surface area contributed by atoms with Gasteiger partial charge < -0.3 is 14.4 Å². The first-order valence-corrected chi connectivity index (χ1v) is 10.0. The molecule has 0 spiro atoms. The zero-order valence-electron chi connectivity index (χ0n) is 16.2. The van der Waals surface area contributed by atoms with Crippen molar-refractivity contribution in [3.05, 3.63) is 29.8 Å². The summed E-state index contributed by atoms with van der Waals surface area (Å²) in [5.41, 5.74) is 0.749. The van der Waals surface area contributed by atoms with Crippen LogP contribution in [0.4, 0.5) is 0 Å². The van der Waals surface area contributed by atoms with E-state index in [9.17, 15) is 4.79 Å². The number of amides is 1. The Morgan fingerprint density at radius 3 is 2.42 bits per heavy atom. The maximum Gasteiger partial charge on any atom is 0.253 e. The average molecular weight is 360 g/mol. The lowest BCUT2D eigenvalue weighted by molar-refractivity contribution is 0.0393. The molecule has 5 nitrogen and oxygen atoms in total. The fraction of sp³-hybridized carbons (Fsp3) is 0.667. The largest absolute Gasteiger partial charge is 0.491 e. The summed E-state index contributed by atoms with van der Waals surface area (Å²) in [6, 6.07) is 7.57. The Kier molecular flexibility index (Phi) is 6.92. The summed E-state index contributed by atoms with van der Waals surface area (Å²) >= 11 is 0. The molecule has 0 aliphatic carbocycles. The SMILES string of the molecule is CCC(C)Oc1ccc(C(=O)N2CCN(CC3CCOCC3)CC2)cc1. The van der Waals surface area contributed by atoms with Gasteiger partial charge in [-0.25, -0.2) is 0 Å². The Balaban J connectivity index is 1.47. The van der Waals surface area contributed by atoms with Crippen LogP contribution in [0.2, 0.25) is 0 Å². The van der Waals surface area contributed by atoms with E-state index in [1.165, 1.54) is 12.8 Å². The molecule has 0 aromatic heterocycles. The van der Waals surface area contributed by atoms with Gasteiger partial charge in [-0.3, -0.25) is 9.69 Å². The number of benzene rings is 1. The van der Waals surface area contributed by atoms with Crippen molar-refractivity contribution in [3.8, 4) is 5.75 Å². The van der Waals surface area contributed by atoms with Crippen molar-refractivity contribution >= 4 is 5.91 Å². The molecule has 0 bridgehead atoms. The normalized spacial score (nSPS) is 20.8. The van der Waals surface area contributed by atoms with Crippen LogP contribution in [0.1, 0.15) is 43.5 Å². The maximum atomic E-state index is 12.7. The fourth-order valence-corrected chi connectivity index (χ4v) is 3.60. The van der Waals surface area contributed by atoms with Crippen LogP contribution >= 0.6 is 0 Å². The Bertz CT molecular complexity index is 561. The smallest absolute Gasteiger partial charge is 0.253 e. The van der Waals surface area contributed by atoms with Crippen LogP contribution in [-0.4, -0.2) is 67.7 Å². The molecule has 2 saturated heterocycles. The molecule has 1 amide bonds. The second kappa shape index (κ2) is 9.38. The van der Waals surface area contributed by atoms with E-state index in [-0.39, 0.29) is 12.0 Å². The maximum absolute atomic E-state index is 12.7. The summed E-state index contributed by atoms with van der Waals surface area (Å²) in [7, 11) is 0. The van der Waals surface area contributed by atoms with Crippen molar-refractivity contribution in [1.82, 2.24) is 9.80 Å². The topological polar surface area (TPSA) is 42.0 Å². The van der Waals surface area contributed by atoms with Crippen LogP contribution < -0.4 is 4.74 Å². The van der Waals surface area contributed by atoms with Gasteiger partial charge in [0.25, 0.3) is 5.91 Å². The molecule has 2 heterocycles. The second-order valence-electron chi connectivity index (χ2n) is 7.51. The van der Waals surface area contributed by atoms with Gasteiger partial charge >= 0.3 is 0 Å². The van der Waals surface area contributed by atoms with Crippen molar-refractivity contribution in [2.45, 2.75) is 39.2 Å². The molecule has 26 heavy (non-hydrogen) atoms. The van der Waals surface area contributed by atoms with Crippen LogP contribution in [0.15, 0.2) is 24.3 Å². The molecule has 3 rings (SSSR count). The quantitative estimate of drug-likeness (QED) is 0.782. The minimum absolute atomic E-state index is 0.130.